The quantitative estimate of drug-likeness (QED) is 0.714. The number of allylic oxidation sites excluding steroid dienone is 4. The zero-order chi connectivity index (χ0) is 14.5. The van der Waals surface area contributed by atoms with Crippen LogP contribution in [0.3, 0.4) is 0 Å². The summed E-state index contributed by atoms with van der Waals surface area (Å²) in [6.07, 6.45) is 7.66. The fourth-order valence-corrected chi connectivity index (χ4v) is 2.50. The molecule has 1 spiro atoms. The van der Waals surface area contributed by atoms with E-state index in [1.165, 1.54) is 5.57 Å². The molecule has 4 nitrogen and oxygen atoms in total. The molecule has 2 aliphatic rings. The van der Waals surface area contributed by atoms with Crippen molar-refractivity contribution in [3.63, 3.8) is 0 Å². The molecule has 1 aliphatic heterocycles. The number of rotatable bonds is 1. The van der Waals surface area contributed by atoms with Crippen molar-refractivity contribution in [2.24, 2.45) is 0 Å². The fraction of sp³-hybridized carbons (Fsp3) is 0.467. The minimum absolute atomic E-state index is 0.215. The lowest BCUT2D eigenvalue weighted by atomic mass is 9.76. The second-order valence-corrected chi connectivity index (χ2v) is 4.41. The van der Waals surface area contributed by atoms with Crippen LogP contribution in [0.1, 0.15) is 40.0 Å². The average Bonchev–Trinajstić information content (AvgIpc) is 2.67. The third kappa shape index (κ3) is 2.95. The van der Waals surface area contributed by atoms with E-state index >= 15 is 0 Å². The lowest BCUT2D eigenvalue weighted by Gasteiger charge is -2.33. The Morgan fingerprint density at radius 2 is 1.95 bits per heavy atom. The van der Waals surface area contributed by atoms with Crippen LogP contribution in [-0.2, 0) is 4.79 Å². The standard InChI is InChI=1S/C13H16N2O2.C2H6/c1-3-5-10-8-13(7-6-9(10)4-2)11(16)14-12(17)15-13;1-2/h3-5H,1,6-8H2,2H3,(H2,14,15,16,17);1-2H3/b9-4-,10-5-;. The van der Waals surface area contributed by atoms with Gasteiger partial charge in [0.1, 0.15) is 5.54 Å². The van der Waals surface area contributed by atoms with Gasteiger partial charge in [0.25, 0.3) is 5.91 Å². The van der Waals surface area contributed by atoms with Crippen LogP contribution in [0.5, 0.6) is 0 Å². The Morgan fingerprint density at radius 1 is 1.26 bits per heavy atom. The molecule has 0 aromatic carbocycles. The van der Waals surface area contributed by atoms with Gasteiger partial charge in [-0.05, 0) is 30.9 Å². The number of urea groups is 1. The molecule has 1 unspecified atom stereocenters. The largest absolute Gasteiger partial charge is 0.323 e. The van der Waals surface area contributed by atoms with Gasteiger partial charge in [-0.2, -0.15) is 0 Å². The summed E-state index contributed by atoms with van der Waals surface area (Å²) in [5.41, 5.74) is 1.55. The highest BCUT2D eigenvalue weighted by Crippen LogP contribution is 2.37. The highest BCUT2D eigenvalue weighted by molar-refractivity contribution is 6.07. The summed E-state index contributed by atoms with van der Waals surface area (Å²) in [5, 5.41) is 5.06. The Hall–Kier alpha value is -1.84. The molecular weight excluding hydrogens is 240 g/mol. The number of hydrogen-bond acceptors (Lipinski definition) is 2. The molecule has 1 saturated carbocycles. The van der Waals surface area contributed by atoms with E-state index in [0.29, 0.717) is 12.8 Å². The van der Waals surface area contributed by atoms with Gasteiger partial charge in [-0.3, -0.25) is 10.1 Å². The van der Waals surface area contributed by atoms with E-state index in [9.17, 15) is 9.59 Å². The average molecular weight is 262 g/mol. The predicted octanol–water partition coefficient (Wildman–Crippen LogP) is 2.83. The van der Waals surface area contributed by atoms with Crippen LogP contribution in [0.2, 0.25) is 0 Å². The number of carbonyl (C=O) groups is 2. The van der Waals surface area contributed by atoms with Crippen LogP contribution in [0.4, 0.5) is 4.79 Å². The molecular formula is C15H22N2O2. The van der Waals surface area contributed by atoms with Gasteiger partial charge in [0.2, 0.25) is 0 Å². The first-order chi connectivity index (χ1) is 9.11. The molecule has 0 radical (unpaired) electrons. The van der Waals surface area contributed by atoms with Crippen molar-refractivity contribution in [3.05, 3.63) is 36.0 Å². The van der Waals surface area contributed by atoms with Gasteiger partial charge in [-0.15, -0.1) is 0 Å². The predicted molar refractivity (Wildman–Crippen MR) is 76.6 cm³/mol. The number of nitrogens with one attached hydrogen (secondary N) is 2. The van der Waals surface area contributed by atoms with Gasteiger partial charge in [-0.25, -0.2) is 4.79 Å². The summed E-state index contributed by atoms with van der Waals surface area (Å²) in [4.78, 5) is 23.1. The molecule has 4 heteroatoms. The molecule has 0 aromatic heterocycles. The van der Waals surface area contributed by atoms with Crippen LogP contribution in [-0.4, -0.2) is 17.5 Å². The second-order valence-electron chi connectivity index (χ2n) is 4.41. The van der Waals surface area contributed by atoms with Crippen molar-refractivity contribution in [3.8, 4) is 0 Å². The molecule has 1 atom stereocenters. The third-order valence-corrected chi connectivity index (χ3v) is 3.41. The Kier molecular flexibility index (Phi) is 5.10. The van der Waals surface area contributed by atoms with Crippen LogP contribution >= 0.6 is 0 Å². The number of hydrogen-bond donors (Lipinski definition) is 2. The van der Waals surface area contributed by atoms with E-state index in [0.717, 1.165) is 12.0 Å². The van der Waals surface area contributed by atoms with Crippen LogP contribution in [0.15, 0.2) is 36.0 Å². The molecule has 1 saturated heterocycles. The molecule has 104 valence electrons. The first-order valence-corrected chi connectivity index (χ1v) is 6.72. The number of imide groups is 1. The van der Waals surface area contributed by atoms with Crippen LogP contribution < -0.4 is 10.6 Å². The maximum atomic E-state index is 11.8. The van der Waals surface area contributed by atoms with Gasteiger partial charge < -0.3 is 5.32 Å². The molecule has 1 aliphatic carbocycles. The van der Waals surface area contributed by atoms with E-state index in [2.05, 4.69) is 23.3 Å². The van der Waals surface area contributed by atoms with E-state index in [1.54, 1.807) is 6.08 Å². The second kappa shape index (κ2) is 6.36. The zero-order valence-corrected chi connectivity index (χ0v) is 11.9. The van der Waals surface area contributed by atoms with E-state index in [4.69, 9.17) is 0 Å². The number of amides is 3. The van der Waals surface area contributed by atoms with Gasteiger partial charge in [0.15, 0.2) is 0 Å². The molecule has 2 fully saturated rings. The first kappa shape index (κ1) is 15.2. The molecule has 1 heterocycles. The number of carbonyl (C=O) groups excluding carboxylic acids is 2. The Bertz CT molecular complexity index is 449. The lowest BCUT2D eigenvalue weighted by Crippen LogP contribution is -2.49. The van der Waals surface area contributed by atoms with Crippen molar-refractivity contribution < 1.29 is 9.59 Å². The van der Waals surface area contributed by atoms with Crippen molar-refractivity contribution in [1.29, 1.82) is 0 Å². The highest BCUT2D eigenvalue weighted by atomic mass is 16.2. The summed E-state index contributed by atoms with van der Waals surface area (Å²) in [6, 6.07) is -0.392. The molecule has 2 rings (SSSR count). The van der Waals surface area contributed by atoms with Crippen molar-refractivity contribution in [1.82, 2.24) is 10.6 Å². The Morgan fingerprint density at radius 3 is 2.42 bits per heavy atom. The van der Waals surface area contributed by atoms with E-state index in [1.807, 2.05) is 26.8 Å². The molecule has 0 aromatic rings. The fourth-order valence-electron chi connectivity index (χ4n) is 2.50. The maximum absolute atomic E-state index is 11.8. The first-order valence-electron chi connectivity index (χ1n) is 6.72. The van der Waals surface area contributed by atoms with Crippen molar-refractivity contribution in [2.45, 2.75) is 45.6 Å². The van der Waals surface area contributed by atoms with Gasteiger partial charge in [0.05, 0.1) is 0 Å². The lowest BCUT2D eigenvalue weighted by molar-refractivity contribution is -0.124. The summed E-state index contributed by atoms with van der Waals surface area (Å²) in [5.74, 6) is -0.215. The minimum Gasteiger partial charge on any atom is -0.323 e. The minimum atomic E-state index is -0.752. The third-order valence-electron chi connectivity index (χ3n) is 3.41. The van der Waals surface area contributed by atoms with E-state index < -0.39 is 11.6 Å². The topological polar surface area (TPSA) is 58.2 Å². The highest BCUT2D eigenvalue weighted by Gasteiger charge is 2.48. The van der Waals surface area contributed by atoms with E-state index in [-0.39, 0.29) is 5.91 Å². The van der Waals surface area contributed by atoms with Crippen molar-refractivity contribution >= 4 is 11.9 Å². The molecule has 2 N–H and O–H groups in total. The summed E-state index contributed by atoms with van der Waals surface area (Å²) < 4.78 is 0. The summed E-state index contributed by atoms with van der Waals surface area (Å²) in [7, 11) is 0. The normalized spacial score (nSPS) is 29.8. The summed E-state index contributed by atoms with van der Waals surface area (Å²) in [6.45, 7) is 9.66. The van der Waals surface area contributed by atoms with Crippen LogP contribution in [0.25, 0.3) is 0 Å². The molecule has 19 heavy (non-hydrogen) atoms. The van der Waals surface area contributed by atoms with Gasteiger partial charge in [0, 0.05) is 6.42 Å². The maximum Gasteiger partial charge on any atom is 0.322 e. The SMILES string of the molecule is C=C/C=C1/CC2(CC/C1=C/C)NC(=O)NC2=O.CC. The monoisotopic (exact) mass is 262 g/mol. The zero-order valence-electron chi connectivity index (χ0n) is 11.9. The molecule has 3 amide bonds. The Labute approximate surface area is 114 Å². The van der Waals surface area contributed by atoms with Crippen molar-refractivity contribution in [2.75, 3.05) is 0 Å². The smallest absolute Gasteiger partial charge is 0.322 e. The van der Waals surface area contributed by atoms with Gasteiger partial charge >= 0.3 is 6.03 Å². The van der Waals surface area contributed by atoms with Gasteiger partial charge in [-0.1, -0.05) is 38.7 Å². The summed E-state index contributed by atoms with van der Waals surface area (Å²) >= 11 is 0. The molecule has 0 bridgehead atoms. The van der Waals surface area contributed by atoms with Crippen LogP contribution in [0, 0.1) is 0 Å². The Balaban J connectivity index is 0.000000861.